The Labute approximate surface area is 159 Å². The molecule has 0 unspecified atom stereocenters. The minimum absolute atomic E-state index is 0.149. The van der Waals surface area contributed by atoms with E-state index in [0.29, 0.717) is 18.0 Å². The molecule has 2 aromatic rings. The van der Waals surface area contributed by atoms with Crippen molar-refractivity contribution in [3.63, 3.8) is 0 Å². The fraction of sp³-hybridized carbons (Fsp3) is 0.333. The van der Waals surface area contributed by atoms with Gasteiger partial charge in [-0.1, -0.05) is 35.9 Å². The number of aryl methyl sites for hydroxylation is 1. The molecular formula is C21H26N2O4. The van der Waals surface area contributed by atoms with Crippen LogP contribution in [-0.4, -0.2) is 26.0 Å². The summed E-state index contributed by atoms with van der Waals surface area (Å²) in [6, 6.07) is 12.9. The fourth-order valence-electron chi connectivity index (χ4n) is 2.75. The van der Waals surface area contributed by atoms with Crippen molar-refractivity contribution in [3.05, 3.63) is 59.2 Å². The lowest BCUT2D eigenvalue weighted by molar-refractivity contribution is -0.122. The van der Waals surface area contributed by atoms with Crippen LogP contribution < -0.4 is 20.1 Å². The first-order valence-electron chi connectivity index (χ1n) is 8.74. The number of methoxy groups -OCH3 is 2. The maximum atomic E-state index is 12.4. The molecule has 0 fully saturated rings. The summed E-state index contributed by atoms with van der Waals surface area (Å²) in [6.45, 7) is 3.80. The molecule has 0 aromatic heterocycles. The number of rotatable bonds is 8. The molecule has 0 saturated heterocycles. The highest BCUT2D eigenvalue weighted by atomic mass is 16.5. The van der Waals surface area contributed by atoms with Crippen molar-refractivity contribution >= 4 is 11.8 Å². The minimum Gasteiger partial charge on any atom is -0.493 e. The fourth-order valence-corrected chi connectivity index (χ4v) is 2.75. The van der Waals surface area contributed by atoms with Crippen molar-refractivity contribution in [2.75, 3.05) is 14.2 Å². The molecule has 0 radical (unpaired) electrons. The zero-order chi connectivity index (χ0) is 19.8. The van der Waals surface area contributed by atoms with Gasteiger partial charge in [0.15, 0.2) is 11.5 Å². The number of hydrogen-bond donors (Lipinski definition) is 2. The van der Waals surface area contributed by atoms with Gasteiger partial charge in [0.25, 0.3) is 0 Å². The summed E-state index contributed by atoms with van der Waals surface area (Å²) >= 11 is 0. The monoisotopic (exact) mass is 370 g/mol. The summed E-state index contributed by atoms with van der Waals surface area (Å²) in [5.74, 6) is 0.926. The van der Waals surface area contributed by atoms with Crippen LogP contribution in [0, 0.1) is 6.92 Å². The first-order chi connectivity index (χ1) is 12.9. The average Bonchev–Trinajstić information content (AvgIpc) is 2.65. The van der Waals surface area contributed by atoms with Gasteiger partial charge in [-0.3, -0.25) is 9.59 Å². The SMILES string of the molecule is COc1ccc(CNC(=O)C[C@@H](NC(C)=O)c2ccc(C)cc2)cc1OC. The van der Waals surface area contributed by atoms with Gasteiger partial charge in [-0.25, -0.2) is 0 Å². The molecule has 2 aromatic carbocycles. The normalized spacial score (nSPS) is 11.4. The Morgan fingerprint density at radius 2 is 1.67 bits per heavy atom. The summed E-state index contributed by atoms with van der Waals surface area (Å²) in [7, 11) is 3.15. The second-order valence-corrected chi connectivity index (χ2v) is 6.33. The lowest BCUT2D eigenvalue weighted by Gasteiger charge is -2.18. The summed E-state index contributed by atoms with van der Waals surface area (Å²) in [4.78, 5) is 23.9. The molecule has 0 aliphatic carbocycles. The lowest BCUT2D eigenvalue weighted by Crippen LogP contribution is -2.32. The molecule has 144 valence electrons. The third-order valence-corrected chi connectivity index (χ3v) is 4.18. The Hall–Kier alpha value is -3.02. The van der Waals surface area contributed by atoms with E-state index in [1.165, 1.54) is 6.92 Å². The largest absolute Gasteiger partial charge is 0.493 e. The van der Waals surface area contributed by atoms with Crippen molar-refractivity contribution in [3.8, 4) is 11.5 Å². The maximum Gasteiger partial charge on any atom is 0.222 e. The smallest absolute Gasteiger partial charge is 0.222 e. The van der Waals surface area contributed by atoms with Gasteiger partial charge >= 0.3 is 0 Å². The van der Waals surface area contributed by atoms with Crippen LogP contribution in [0.5, 0.6) is 11.5 Å². The van der Waals surface area contributed by atoms with Gasteiger partial charge in [-0.2, -0.15) is 0 Å². The second-order valence-electron chi connectivity index (χ2n) is 6.33. The molecule has 1 atom stereocenters. The van der Waals surface area contributed by atoms with Crippen LogP contribution in [0.25, 0.3) is 0 Å². The molecule has 0 aliphatic rings. The van der Waals surface area contributed by atoms with E-state index < -0.39 is 0 Å². The number of carbonyl (C=O) groups excluding carboxylic acids is 2. The average molecular weight is 370 g/mol. The van der Waals surface area contributed by atoms with Gasteiger partial charge in [-0.05, 0) is 30.2 Å². The van der Waals surface area contributed by atoms with Crippen LogP contribution >= 0.6 is 0 Å². The van der Waals surface area contributed by atoms with Crippen LogP contribution in [0.4, 0.5) is 0 Å². The van der Waals surface area contributed by atoms with Crippen LogP contribution in [0.2, 0.25) is 0 Å². The molecule has 0 spiro atoms. The molecule has 6 heteroatoms. The number of amides is 2. The highest BCUT2D eigenvalue weighted by Gasteiger charge is 2.17. The predicted octanol–water partition coefficient (Wildman–Crippen LogP) is 2.90. The van der Waals surface area contributed by atoms with E-state index in [4.69, 9.17) is 9.47 Å². The van der Waals surface area contributed by atoms with Crippen LogP contribution in [0.15, 0.2) is 42.5 Å². The van der Waals surface area contributed by atoms with E-state index in [1.54, 1.807) is 20.3 Å². The van der Waals surface area contributed by atoms with Gasteiger partial charge in [0.05, 0.1) is 26.7 Å². The van der Waals surface area contributed by atoms with Crippen molar-refractivity contribution < 1.29 is 19.1 Å². The van der Waals surface area contributed by atoms with E-state index in [2.05, 4.69) is 10.6 Å². The van der Waals surface area contributed by atoms with Crippen molar-refractivity contribution in [1.82, 2.24) is 10.6 Å². The first kappa shape index (κ1) is 20.3. The number of benzene rings is 2. The molecule has 2 rings (SSSR count). The van der Waals surface area contributed by atoms with E-state index in [0.717, 1.165) is 16.7 Å². The number of hydrogen-bond acceptors (Lipinski definition) is 4. The Bertz CT molecular complexity index is 787. The molecule has 6 nitrogen and oxygen atoms in total. The Kier molecular flexibility index (Phi) is 7.23. The van der Waals surface area contributed by atoms with E-state index >= 15 is 0 Å². The zero-order valence-corrected chi connectivity index (χ0v) is 16.2. The number of carbonyl (C=O) groups is 2. The number of ether oxygens (including phenoxy) is 2. The Balaban J connectivity index is 2.01. The Morgan fingerprint density at radius 3 is 2.26 bits per heavy atom. The van der Waals surface area contributed by atoms with Crippen molar-refractivity contribution in [2.24, 2.45) is 0 Å². The molecule has 2 amide bonds. The zero-order valence-electron chi connectivity index (χ0n) is 16.2. The van der Waals surface area contributed by atoms with E-state index in [9.17, 15) is 9.59 Å². The topological polar surface area (TPSA) is 76.7 Å². The highest BCUT2D eigenvalue weighted by Crippen LogP contribution is 2.27. The molecular weight excluding hydrogens is 344 g/mol. The quantitative estimate of drug-likeness (QED) is 0.749. The summed E-state index contributed by atoms with van der Waals surface area (Å²) in [5, 5.41) is 5.73. The minimum atomic E-state index is -0.367. The number of nitrogens with one attached hydrogen (secondary N) is 2. The van der Waals surface area contributed by atoms with Crippen LogP contribution in [-0.2, 0) is 16.1 Å². The van der Waals surface area contributed by atoms with E-state index in [-0.39, 0.29) is 24.3 Å². The first-order valence-corrected chi connectivity index (χ1v) is 8.74. The third kappa shape index (κ3) is 6.02. The summed E-state index contributed by atoms with van der Waals surface area (Å²) < 4.78 is 10.5. The van der Waals surface area contributed by atoms with Gasteiger partial charge in [0.2, 0.25) is 11.8 Å². The summed E-state index contributed by atoms with van der Waals surface area (Å²) in [5.41, 5.74) is 2.92. The molecule has 0 heterocycles. The highest BCUT2D eigenvalue weighted by molar-refractivity contribution is 5.79. The van der Waals surface area contributed by atoms with Crippen molar-refractivity contribution in [2.45, 2.75) is 32.9 Å². The van der Waals surface area contributed by atoms with Crippen LogP contribution in [0.1, 0.15) is 36.1 Å². The Morgan fingerprint density at radius 1 is 1.00 bits per heavy atom. The molecule has 2 N–H and O–H groups in total. The standard InChI is InChI=1S/C21H26N2O4/c1-14-5-8-17(9-6-14)18(23-15(2)24)12-21(25)22-13-16-7-10-19(26-3)20(11-16)27-4/h5-11,18H,12-13H2,1-4H3,(H,22,25)(H,23,24)/t18-/m1/s1. The summed E-state index contributed by atoms with van der Waals surface area (Å²) in [6.07, 6.45) is 0.163. The molecule has 0 bridgehead atoms. The van der Waals surface area contributed by atoms with Gasteiger partial charge in [0, 0.05) is 13.5 Å². The lowest BCUT2D eigenvalue weighted by atomic mass is 10.0. The molecule has 0 saturated carbocycles. The van der Waals surface area contributed by atoms with Crippen LogP contribution in [0.3, 0.4) is 0 Å². The van der Waals surface area contributed by atoms with E-state index in [1.807, 2.05) is 43.3 Å². The predicted molar refractivity (Wildman–Crippen MR) is 104 cm³/mol. The second kappa shape index (κ2) is 9.62. The maximum absolute atomic E-state index is 12.4. The molecule has 0 aliphatic heterocycles. The van der Waals surface area contributed by atoms with Gasteiger partial charge in [0.1, 0.15) is 0 Å². The molecule has 27 heavy (non-hydrogen) atoms. The third-order valence-electron chi connectivity index (χ3n) is 4.18. The van der Waals surface area contributed by atoms with Crippen molar-refractivity contribution in [1.29, 1.82) is 0 Å². The van der Waals surface area contributed by atoms with Gasteiger partial charge in [-0.15, -0.1) is 0 Å². The van der Waals surface area contributed by atoms with Gasteiger partial charge < -0.3 is 20.1 Å².